The predicted octanol–water partition coefficient (Wildman–Crippen LogP) is 3.88. The van der Waals surface area contributed by atoms with E-state index in [2.05, 4.69) is 15.3 Å². The fraction of sp³-hybridized carbons (Fsp3) is 0.167. The largest absolute Gasteiger partial charge is 0.369 e. The molecule has 1 aromatic heterocycles. The van der Waals surface area contributed by atoms with Crippen molar-refractivity contribution in [1.82, 2.24) is 9.97 Å². The van der Waals surface area contributed by atoms with Gasteiger partial charge in [0.1, 0.15) is 5.82 Å². The number of benzene rings is 1. The first-order chi connectivity index (χ1) is 8.19. The Balaban J connectivity index is 2.41. The molecule has 0 bridgehead atoms. The Morgan fingerprint density at radius 1 is 1.12 bits per heavy atom. The second kappa shape index (κ2) is 5.34. The second-order valence-electron chi connectivity index (χ2n) is 3.48. The van der Waals surface area contributed by atoms with E-state index in [9.17, 15) is 0 Å². The summed E-state index contributed by atoms with van der Waals surface area (Å²) in [7, 11) is 0. The van der Waals surface area contributed by atoms with Gasteiger partial charge in [0.15, 0.2) is 0 Å². The van der Waals surface area contributed by atoms with Gasteiger partial charge in [-0.3, -0.25) is 4.98 Å². The van der Waals surface area contributed by atoms with Crippen LogP contribution in [0.3, 0.4) is 0 Å². The number of anilines is 1. The normalized spacial score (nSPS) is 10.3. The van der Waals surface area contributed by atoms with Gasteiger partial charge in [-0.15, -0.1) is 0 Å². The Morgan fingerprint density at radius 3 is 2.47 bits per heavy atom. The molecule has 2 rings (SSSR count). The summed E-state index contributed by atoms with van der Waals surface area (Å²) < 4.78 is 0. The van der Waals surface area contributed by atoms with E-state index < -0.39 is 0 Å². The SMILES string of the molecule is CCNc1cncc(-c2cc(Cl)cc(Cl)c2)n1. The molecule has 2 aromatic rings. The van der Waals surface area contributed by atoms with Crippen molar-refractivity contribution >= 4 is 29.0 Å². The van der Waals surface area contributed by atoms with Crippen molar-refractivity contribution in [2.24, 2.45) is 0 Å². The van der Waals surface area contributed by atoms with Gasteiger partial charge >= 0.3 is 0 Å². The number of rotatable bonds is 3. The maximum atomic E-state index is 5.95. The molecule has 88 valence electrons. The smallest absolute Gasteiger partial charge is 0.145 e. The van der Waals surface area contributed by atoms with E-state index in [0.29, 0.717) is 10.0 Å². The Bertz CT molecular complexity index is 509. The minimum atomic E-state index is 0.586. The highest BCUT2D eigenvalue weighted by atomic mass is 35.5. The number of nitrogens with zero attached hydrogens (tertiary/aromatic N) is 2. The van der Waals surface area contributed by atoms with Crippen LogP contribution in [0.15, 0.2) is 30.6 Å². The maximum absolute atomic E-state index is 5.95. The summed E-state index contributed by atoms with van der Waals surface area (Å²) in [5.41, 5.74) is 1.60. The lowest BCUT2D eigenvalue weighted by Gasteiger charge is -2.05. The van der Waals surface area contributed by atoms with Crippen LogP contribution in [-0.4, -0.2) is 16.5 Å². The van der Waals surface area contributed by atoms with E-state index >= 15 is 0 Å². The van der Waals surface area contributed by atoms with Gasteiger partial charge in [0.05, 0.1) is 18.1 Å². The lowest BCUT2D eigenvalue weighted by molar-refractivity contribution is 1.12. The van der Waals surface area contributed by atoms with Gasteiger partial charge in [0.25, 0.3) is 0 Å². The Labute approximate surface area is 110 Å². The first-order valence-corrected chi connectivity index (χ1v) is 5.97. The molecule has 0 aliphatic carbocycles. The van der Waals surface area contributed by atoms with Gasteiger partial charge in [-0.1, -0.05) is 23.2 Å². The fourth-order valence-electron chi connectivity index (χ4n) is 1.47. The molecule has 1 N–H and O–H groups in total. The van der Waals surface area contributed by atoms with Crippen LogP contribution in [0.2, 0.25) is 10.0 Å². The third-order valence-electron chi connectivity index (χ3n) is 2.15. The topological polar surface area (TPSA) is 37.8 Å². The second-order valence-corrected chi connectivity index (χ2v) is 4.35. The van der Waals surface area contributed by atoms with Crippen LogP contribution in [0.1, 0.15) is 6.92 Å². The van der Waals surface area contributed by atoms with Gasteiger partial charge in [0.2, 0.25) is 0 Å². The van der Waals surface area contributed by atoms with Crippen LogP contribution < -0.4 is 5.32 Å². The Morgan fingerprint density at radius 2 is 1.82 bits per heavy atom. The monoisotopic (exact) mass is 267 g/mol. The zero-order valence-corrected chi connectivity index (χ0v) is 10.8. The molecule has 0 saturated heterocycles. The van der Waals surface area contributed by atoms with Crippen molar-refractivity contribution in [1.29, 1.82) is 0 Å². The van der Waals surface area contributed by atoms with Crippen LogP contribution in [0.5, 0.6) is 0 Å². The Kier molecular flexibility index (Phi) is 3.82. The molecule has 0 aliphatic heterocycles. The molecule has 0 atom stereocenters. The van der Waals surface area contributed by atoms with Crippen molar-refractivity contribution in [2.45, 2.75) is 6.92 Å². The molecule has 0 fully saturated rings. The minimum absolute atomic E-state index is 0.586. The van der Waals surface area contributed by atoms with Gasteiger partial charge < -0.3 is 5.32 Å². The number of aromatic nitrogens is 2. The van der Waals surface area contributed by atoms with Gasteiger partial charge in [-0.2, -0.15) is 0 Å². The van der Waals surface area contributed by atoms with Crippen molar-refractivity contribution in [3.63, 3.8) is 0 Å². The summed E-state index contributed by atoms with van der Waals surface area (Å²) >= 11 is 11.9. The van der Waals surface area contributed by atoms with Crippen LogP contribution in [0, 0.1) is 0 Å². The summed E-state index contributed by atoms with van der Waals surface area (Å²) in [5, 5.41) is 4.28. The third kappa shape index (κ3) is 3.08. The molecule has 0 radical (unpaired) electrons. The predicted molar refractivity (Wildman–Crippen MR) is 71.7 cm³/mol. The van der Waals surface area contributed by atoms with E-state index in [1.54, 1.807) is 18.5 Å². The number of hydrogen-bond donors (Lipinski definition) is 1. The zero-order chi connectivity index (χ0) is 12.3. The Hall–Kier alpha value is -1.32. The van der Waals surface area contributed by atoms with Crippen molar-refractivity contribution in [2.75, 3.05) is 11.9 Å². The van der Waals surface area contributed by atoms with Gasteiger partial charge in [-0.05, 0) is 25.1 Å². The van der Waals surface area contributed by atoms with Crippen LogP contribution in [-0.2, 0) is 0 Å². The molecule has 0 spiro atoms. The van der Waals surface area contributed by atoms with Crippen LogP contribution in [0.25, 0.3) is 11.3 Å². The maximum Gasteiger partial charge on any atom is 0.145 e. The van der Waals surface area contributed by atoms with Crippen LogP contribution in [0.4, 0.5) is 5.82 Å². The third-order valence-corrected chi connectivity index (χ3v) is 2.59. The van der Waals surface area contributed by atoms with E-state index in [1.165, 1.54) is 0 Å². The zero-order valence-electron chi connectivity index (χ0n) is 9.24. The van der Waals surface area contributed by atoms with E-state index in [1.807, 2.05) is 19.1 Å². The first-order valence-electron chi connectivity index (χ1n) is 5.21. The van der Waals surface area contributed by atoms with Crippen molar-refractivity contribution in [3.05, 3.63) is 40.6 Å². The average molecular weight is 268 g/mol. The number of halogens is 2. The summed E-state index contributed by atoms with van der Waals surface area (Å²) in [6, 6.07) is 5.31. The average Bonchev–Trinajstić information content (AvgIpc) is 2.28. The summed E-state index contributed by atoms with van der Waals surface area (Å²) in [4.78, 5) is 8.55. The molecule has 3 nitrogen and oxygen atoms in total. The standard InChI is InChI=1S/C12H11Cl2N3/c1-2-16-12-7-15-6-11(17-12)8-3-9(13)5-10(14)4-8/h3-7H,2H2,1H3,(H,16,17). The molecule has 0 amide bonds. The highest BCUT2D eigenvalue weighted by Crippen LogP contribution is 2.26. The number of hydrogen-bond acceptors (Lipinski definition) is 3. The molecular formula is C12H11Cl2N3. The van der Waals surface area contributed by atoms with Gasteiger partial charge in [0, 0.05) is 22.2 Å². The quantitative estimate of drug-likeness (QED) is 0.917. The summed E-state index contributed by atoms with van der Waals surface area (Å²) in [6.07, 6.45) is 3.36. The number of nitrogens with one attached hydrogen (secondary N) is 1. The molecule has 1 heterocycles. The molecular weight excluding hydrogens is 257 g/mol. The lowest BCUT2D eigenvalue weighted by Crippen LogP contribution is -2.00. The fourth-order valence-corrected chi connectivity index (χ4v) is 2.00. The lowest BCUT2D eigenvalue weighted by atomic mass is 10.1. The van der Waals surface area contributed by atoms with E-state index in [-0.39, 0.29) is 0 Å². The molecule has 5 heteroatoms. The minimum Gasteiger partial charge on any atom is -0.369 e. The molecule has 0 unspecified atom stereocenters. The first kappa shape index (κ1) is 12.1. The van der Waals surface area contributed by atoms with Crippen molar-refractivity contribution in [3.8, 4) is 11.3 Å². The molecule has 0 aliphatic rings. The molecule has 1 aromatic carbocycles. The van der Waals surface area contributed by atoms with Gasteiger partial charge in [-0.25, -0.2) is 4.98 Å². The summed E-state index contributed by atoms with van der Waals surface area (Å²) in [5.74, 6) is 0.737. The molecule has 17 heavy (non-hydrogen) atoms. The molecule has 0 saturated carbocycles. The van der Waals surface area contributed by atoms with Crippen LogP contribution >= 0.6 is 23.2 Å². The highest BCUT2D eigenvalue weighted by Gasteiger charge is 2.04. The highest BCUT2D eigenvalue weighted by molar-refractivity contribution is 6.35. The van der Waals surface area contributed by atoms with Crippen molar-refractivity contribution < 1.29 is 0 Å². The summed E-state index contributed by atoms with van der Waals surface area (Å²) in [6.45, 7) is 2.80. The van der Waals surface area contributed by atoms with E-state index in [0.717, 1.165) is 23.6 Å². The van der Waals surface area contributed by atoms with E-state index in [4.69, 9.17) is 23.2 Å².